The topological polar surface area (TPSA) is 182 Å². The van der Waals surface area contributed by atoms with Crippen LogP contribution in [0.2, 0.25) is 0 Å². The van der Waals surface area contributed by atoms with Gasteiger partial charge in [0.15, 0.2) is 0 Å². The highest BCUT2D eigenvalue weighted by Crippen LogP contribution is 2.52. The lowest BCUT2D eigenvalue weighted by atomic mass is 9.75. The molecule has 1 spiro atoms. The lowest BCUT2D eigenvalue weighted by molar-refractivity contribution is -0.141. The van der Waals surface area contributed by atoms with Crippen LogP contribution >= 0.6 is 0 Å². The van der Waals surface area contributed by atoms with Crippen LogP contribution in [0.1, 0.15) is 141 Å². The molecular formula is C48H65N5O9S. The van der Waals surface area contributed by atoms with E-state index in [2.05, 4.69) is 36.1 Å². The van der Waals surface area contributed by atoms with Crippen molar-refractivity contribution in [3.63, 3.8) is 0 Å². The number of ether oxygens (including phenoxy) is 3. The molecule has 14 nitrogen and oxygen atoms in total. The molecule has 4 saturated carbocycles. The van der Waals surface area contributed by atoms with Gasteiger partial charge < -0.3 is 29.7 Å². The number of allylic oxidation sites excluding steroid dienone is 1. The lowest BCUT2D eigenvalue weighted by Gasteiger charge is -2.37. The Morgan fingerprint density at radius 2 is 1.83 bits per heavy atom. The molecule has 342 valence electrons. The van der Waals surface area contributed by atoms with E-state index < -0.39 is 67.7 Å². The van der Waals surface area contributed by atoms with Gasteiger partial charge in [0.2, 0.25) is 21.8 Å². The van der Waals surface area contributed by atoms with Gasteiger partial charge in [-0.25, -0.2) is 18.2 Å². The van der Waals surface area contributed by atoms with Crippen molar-refractivity contribution in [3.05, 3.63) is 41.6 Å². The highest BCUT2D eigenvalue weighted by Gasteiger charge is 2.64. The number of nitrogens with one attached hydrogen (secondary N) is 3. The molecule has 4 amide bonds. The molecule has 5 fully saturated rings. The fourth-order valence-electron chi connectivity index (χ4n) is 10.9. The Hall–Kier alpha value is -4.40. The molecular weight excluding hydrogens is 823 g/mol. The number of aryl methyl sites for hydroxylation is 1. The van der Waals surface area contributed by atoms with Crippen molar-refractivity contribution in [3.8, 4) is 11.5 Å². The van der Waals surface area contributed by atoms with Crippen LogP contribution in [0.4, 0.5) is 4.79 Å². The molecule has 3 N–H and O–H groups in total. The summed E-state index contributed by atoms with van der Waals surface area (Å²) in [5.41, 5.74) is 0.268. The van der Waals surface area contributed by atoms with Gasteiger partial charge in [-0.2, -0.15) is 0 Å². The first-order chi connectivity index (χ1) is 30.0. The summed E-state index contributed by atoms with van der Waals surface area (Å²) in [5.74, 6) is 0.453. The number of amides is 4. The molecule has 0 unspecified atom stereocenters. The molecule has 9 rings (SSSR count). The molecule has 8 atom stereocenters. The van der Waals surface area contributed by atoms with Gasteiger partial charge in [0.25, 0.3) is 5.91 Å². The van der Waals surface area contributed by atoms with Crippen molar-refractivity contribution in [2.75, 3.05) is 13.7 Å². The van der Waals surface area contributed by atoms with Gasteiger partial charge in [-0.3, -0.25) is 19.1 Å². The Morgan fingerprint density at radius 1 is 1.03 bits per heavy atom. The largest absolute Gasteiger partial charge is 0.497 e. The summed E-state index contributed by atoms with van der Waals surface area (Å²) in [6.45, 7) is 8.18. The second-order valence-corrected chi connectivity index (χ2v) is 22.8. The molecule has 63 heavy (non-hydrogen) atoms. The van der Waals surface area contributed by atoms with Crippen LogP contribution in [0, 0.1) is 23.7 Å². The molecule has 1 aromatic carbocycles. The monoisotopic (exact) mass is 887 g/mol. The predicted molar refractivity (Wildman–Crippen MR) is 237 cm³/mol. The molecule has 0 bridgehead atoms. The van der Waals surface area contributed by atoms with Crippen LogP contribution in [0.15, 0.2) is 30.4 Å². The summed E-state index contributed by atoms with van der Waals surface area (Å²) in [4.78, 5) is 64.8. The minimum Gasteiger partial charge on any atom is -0.497 e. The number of pyridine rings is 1. The van der Waals surface area contributed by atoms with E-state index in [9.17, 15) is 22.8 Å². The van der Waals surface area contributed by atoms with Gasteiger partial charge in [0.1, 0.15) is 40.8 Å². The van der Waals surface area contributed by atoms with E-state index in [0.717, 1.165) is 67.1 Å². The number of rotatable bonds is 8. The Kier molecular flexibility index (Phi) is 11.5. The minimum absolute atomic E-state index is 0.0756. The van der Waals surface area contributed by atoms with Crippen LogP contribution in [0.5, 0.6) is 11.5 Å². The fourth-order valence-corrected chi connectivity index (χ4v) is 12.2. The summed E-state index contributed by atoms with van der Waals surface area (Å²) in [6, 6.07) is 3.81. The molecule has 15 heteroatoms. The number of fused-ring (bicyclic) bond motifs is 5. The third kappa shape index (κ3) is 8.52. The Balaban J connectivity index is 1.05. The Morgan fingerprint density at radius 3 is 2.56 bits per heavy atom. The SMILES string of the molecule is COc1ccc2c3c(c(C4CC4)nc2c1)O[C@]1(CC3)C[C@H]2C(=O)N[C@]3(C(=O)NS(=O)(=O)C4(C)CC4)C[C@H]3C=CCCCCC[C@H](NC(=O)O[C@@H]3C[C@H](C)CC[C@H]3C(C)C)C(=O)N2C1. The third-order valence-corrected chi connectivity index (χ3v) is 17.7. The lowest BCUT2D eigenvalue weighted by Crippen LogP contribution is -2.58. The number of alkyl carbamates (subject to hydrolysis) is 1. The van der Waals surface area contributed by atoms with Gasteiger partial charge in [-0.1, -0.05) is 52.2 Å². The zero-order valence-electron chi connectivity index (χ0n) is 37.5. The van der Waals surface area contributed by atoms with Gasteiger partial charge >= 0.3 is 6.09 Å². The minimum atomic E-state index is -4.00. The van der Waals surface area contributed by atoms with Gasteiger partial charge in [0.05, 0.1) is 29.6 Å². The fraction of sp³-hybridized carbons (Fsp3) is 0.688. The molecule has 2 aromatic rings. The van der Waals surface area contributed by atoms with Gasteiger partial charge in [0, 0.05) is 35.3 Å². The normalized spacial score (nSPS) is 32.9. The summed E-state index contributed by atoms with van der Waals surface area (Å²) in [5, 5.41) is 6.96. The average Bonchev–Trinajstić information content (AvgIpc) is 4.18. The smallest absolute Gasteiger partial charge is 0.408 e. The maximum absolute atomic E-state index is 15.2. The first-order valence-corrected chi connectivity index (χ1v) is 25.1. The van der Waals surface area contributed by atoms with Crippen LogP contribution in [-0.2, 0) is 35.6 Å². The first kappa shape index (κ1) is 43.8. The molecule has 1 aromatic heterocycles. The molecule has 0 radical (unpaired) electrons. The van der Waals surface area contributed by atoms with Crippen LogP contribution < -0.4 is 24.8 Å². The zero-order chi connectivity index (χ0) is 44.5. The maximum Gasteiger partial charge on any atom is 0.408 e. The summed E-state index contributed by atoms with van der Waals surface area (Å²) >= 11 is 0. The van der Waals surface area contributed by atoms with E-state index in [1.807, 2.05) is 30.4 Å². The van der Waals surface area contributed by atoms with Crippen LogP contribution in [0.3, 0.4) is 0 Å². The van der Waals surface area contributed by atoms with Crippen molar-refractivity contribution in [1.29, 1.82) is 0 Å². The number of carbonyl (C=O) groups is 4. The van der Waals surface area contributed by atoms with E-state index in [1.165, 1.54) is 0 Å². The number of sulfonamides is 1. The van der Waals surface area contributed by atoms with E-state index in [0.29, 0.717) is 68.3 Å². The molecule has 4 heterocycles. The van der Waals surface area contributed by atoms with E-state index >= 15 is 4.79 Å². The summed E-state index contributed by atoms with van der Waals surface area (Å²) < 4.78 is 46.9. The first-order valence-electron chi connectivity index (χ1n) is 23.6. The second kappa shape index (κ2) is 16.5. The number of benzene rings is 1. The number of carbonyl (C=O) groups excluding carboxylic acids is 4. The van der Waals surface area contributed by atoms with Crippen molar-refractivity contribution in [2.45, 2.75) is 170 Å². The molecule has 4 aliphatic carbocycles. The molecule has 7 aliphatic rings. The number of nitrogens with zero attached hydrogens (tertiary/aromatic N) is 2. The van der Waals surface area contributed by atoms with Crippen molar-refractivity contribution in [1.82, 2.24) is 25.2 Å². The number of hydrogen-bond donors (Lipinski definition) is 3. The number of methoxy groups -OCH3 is 1. The van der Waals surface area contributed by atoms with E-state index in [4.69, 9.17) is 19.2 Å². The summed E-state index contributed by atoms with van der Waals surface area (Å²) in [7, 11) is -2.36. The van der Waals surface area contributed by atoms with Crippen molar-refractivity contribution in [2.24, 2.45) is 23.7 Å². The zero-order valence-corrected chi connectivity index (χ0v) is 38.3. The van der Waals surface area contributed by atoms with Gasteiger partial charge in [-0.15, -0.1) is 0 Å². The summed E-state index contributed by atoms with van der Waals surface area (Å²) in [6.07, 6.45) is 13.5. The Labute approximate surface area is 371 Å². The van der Waals surface area contributed by atoms with Crippen molar-refractivity contribution < 1.29 is 41.8 Å². The quantitative estimate of drug-likeness (QED) is 0.240. The van der Waals surface area contributed by atoms with Crippen molar-refractivity contribution >= 4 is 44.7 Å². The average molecular weight is 888 g/mol. The van der Waals surface area contributed by atoms with E-state index in [-0.39, 0.29) is 37.3 Å². The van der Waals surface area contributed by atoms with Crippen LogP contribution in [-0.4, -0.2) is 89.8 Å². The maximum atomic E-state index is 15.2. The second-order valence-electron chi connectivity index (χ2n) is 20.6. The molecule has 3 aliphatic heterocycles. The van der Waals surface area contributed by atoms with Crippen LogP contribution in [0.25, 0.3) is 10.9 Å². The predicted octanol–water partition coefficient (Wildman–Crippen LogP) is 6.73. The Bertz CT molecular complexity index is 2310. The molecule has 1 saturated heterocycles. The third-order valence-electron chi connectivity index (χ3n) is 15.5. The number of aromatic nitrogens is 1. The number of hydrogen-bond acceptors (Lipinski definition) is 10. The van der Waals surface area contributed by atoms with Gasteiger partial charge in [-0.05, 0) is 114 Å². The highest BCUT2D eigenvalue weighted by molar-refractivity contribution is 7.91. The highest BCUT2D eigenvalue weighted by atomic mass is 32.2. The standard InChI is InChI=1S/C48H65N5O9S/c1-28(2)33-17-13-29(3)23-39(33)61-45(57)50-36-12-10-8-6-7-9-11-31-25-48(31,44(56)52-63(58,59)46(4)21-22-46)51-42(54)38-26-47(27-53(38)43(36)55)20-19-35-34-18-16-32(60-5)24-37(34)49-40(30-14-15-30)41(35)62-47/h9,11,16,18,24,28-31,33,36,38-39H,6-8,10,12-15,17,19-23,25-27H2,1-5H3,(H,50,57)(H,51,54)(H,52,56)/t29-,31-,33+,36+,38+,39-,47-,48-/m1/s1. The van der Waals surface area contributed by atoms with E-state index in [1.54, 1.807) is 18.9 Å².